The van der Waals surface area contributed by atoms with Gasteiger partial charge in [0, 0.05) is 25.2 Å². The zero-order valence-electron chi connectivity index (χ0n) is 15.2. The molecule has 0 unspecified atom stereocenters. The number of carbonyl (C=O) groups excluding carboxylic acids is 2. The highest BCUT2D eigenvalue weighted by Gasteiger charge is 2.14. The van der Waals surface area contributed by atoms with Gasteiger partial charge in [0.1, 0.15) is 0 Å². The van der Waals surface area contributed by atoms with Crippen molar-refractivity contribution >= 4 is 17.5 Å². The predicted octanol–water partition coefficient (Wildman–Crippen LogP) is 3.41. The minimum Gasteiger partial charge on any atom is -0.355 e. The van der Waals surface area contributed by atoms with Crippen molar-refractivity contribution in [2.45, 2.75) is 33.6 Å². The van der Waals surface area contributed by atoms with Crippen molar-refractivity contribution in [1.82, 2.24) is 5.32 Å². The Bertz CT molecular complexity index is 706. The van der Waals surface area contributed by atoms with Gasteiger partial charge in [0.25, 0.3) is 0 Å². The lowest BCUT2D eigenvalue weighted by Crippen LogP contribution is -2.35. The topological polar surface area (TPSA) is 49.4 Å². The number of nitrogens with zero attached hydrogens (tertiary/aromatic N) is 1. The molecule has 0 aliphatic carbocycles. The van der Waals surface area contributed by atoms with Gasteiger partial charge in [-0.3, -0.25) is 9.59 Å². The van der Waals surface area contributed by atoms with Crippen molar-refractivity contribution in [3.8, 4) is 0 Å². The Labute approximate surface area is 149 Å². The van der Waals surface area contributed by atoms with Crippen LogP contribution in [0.3, 0.4) is 0 Å². The maximum Gasteiger partial charge on any atom is 0.228 e. The van der Waals surface area contributed by atoms with Crippen molar-refractivity contribution in [3.05, 3.63) is 65.2 Å². The van der Waals surface area contributed by atoms with Crippen molar-refractivity contribution in [3.63, 3.8) is 0 Å². The molecule has 0 aliphatic heterocycles. The number of benzene rings is 2. The zero-order chi connectivity index (χ0) is 18.2. The van der Waals surface area contributed by atoms with E-state index in [2.05, 4.69) is 11.4 Å². The normalized spacial score (nSPS) is 10.4. The summed E-state index contributed by atoms with van der Waals surface area (Å²) in [5.74, 6) is -0.0408. The van der Waals surface area contributed by atoms with Gasteiger partial charge >= 0.3 is 0 Å². The number of anilines is 1. The molecule has 2 rings (SSSR count). The summed E-state index contributed by atoms with van der Waals surface area (Å²) in [6.07, 6.45) is 0.630. The number of nitrogens with one attached hydrogen (secondary N) is 1. The van der Waals surface area contributed by atoms with Crippen molar-refractivity contribution in [1.29, 1.82) is 0 Å². The van der Waals surface area contributed by atoms with E-state index in [-0.39, 0.29) is 11.8 Å². The number of rotatable bonds is 7. The Morgan fingerprint density at radius 3 is 2.24 bits per heavy atom. The summed E-state index contributed by atoms with van der Waals surface area (Å²) >= 11 is 0. The van der Waals surface area contributed by atoms with E-state index in [1.165, 1.54) is 0 Å². The molecule has 0 bridgehead atoms. The standard InChI is InChI=1S/C21H26N2O2/c1-4-23(19-13-16(2)12-17(3)14-19)21(25)10-11-22-20(24)15-18-8-6-5-7-9-18/h5-9,12-14H,4,10-11,15H2,1-3H3,(H,22,24). The van der Waals surface area contributed by atoms with E-state index in [4.69, 9.17) is 0 Å². The van der Waals surface area contributed by atoms with Gasteiger partial charge in [-0.25, -0.2) is 0 Å². The second kappa shape index (κ2) is 9.02. The molecule has 0 saturated heterocycles. The number of hydrogen-bond donors (Lipinski definition) is 1. The lowest BCUT2D eigenvalue weighted by Gasteiger charge is -2.22. The van der Waals surface area contributed by atoms with Gasteiger partial charge in [-0.2, -0.15) is 0 Å². The van der Waals surface area contributed by atoms with E-state index in [0.717, 1.165) is 22.4 Å². The maximum absolute atomic E-state index is 12.5. The summed E-state index contributed by atoms with van der Waals surface area (Å²) in [6, 6.07) is 15.7. The van der Waals surface area contributed by atoms with Crippen LogP contribution in [0.15, 0.2) is 48.5 Å². The molecule has 0 saturated carbocycles. The van der Waals surface area contributed by atoms with Gasteiger partial charge in [-0.1, -0.05) is 36.4 Å². The predicted molar refractivity (Wildman–Crippen MR) is 102 cm³/mol. The quantitative estimate of drug-likeness (QED) is 0.841. The largest absolute Gasteiger partial charge is 0.355 e. The Hall–Kier alpha value is -2.62. The third-order valence-electron chi connectivity index (χ3n) is 4.00. The highest BCUT2D eigenvalue weighted by molar-refractivity contribution is 5.93. The third-order valence-corrected chi connectivity index (χ3v) is 4.00. The van der Waals surface area contributed by atoms with Gasteiger partial charge in [0.2, 0.25) is 11.8 Å². The van der Waals surface area contributed by atoms with E-state index < -0.39 is 0 Å². The molecule has 0 fully saturated rings. The molecule has 2 aromatic carbocycles. The SMILES string of the molecule is CCN(C(=O)CCNC(=O)Cc1ccccc1)c1cc(C)cc(C)c1. The molecule has 132 valence electrons. The fourth-order valence-corrected chi connectivity index (χ4v) is 2.90. The fraction of sp³-hybridized carbons (Fsp3) is 0.333. The van der Waals surface area contributed by atoms with Crippen LogP contribution in [0.4, 0.5) is 5.69 Å². The molecular formula is C21H26N2O2. The number of hydrogen-bond acceptors (Lipinski definition) is 2. The van der Waals surface area contributed by atoms with Crippen molar-refractivity contribution < 1.29 is 9.59 Å². The minimum absolute atomic E-state index is 0.0208. The summed E-state index contributed by atoms with van der Waals surface area (Å²) < 4.78 is 0. The molecule has 4 heteroatoms. The average Bonchev–Trinajstić information content (AvgIpc) is 2.55. The van der Waals surface area contributed by atoms with Crippen LogP contribution in [0.1, 0.15) is 30.0 Å². The van der Waals surface area contributed by atoms with Crippen molar-refractivity contribution in [2.24, 2.45) is 0 Å². The van der Waals surface area contributed by atoms with Crippen LogP contribution in [0.25, 0.3) is 0 Å². The van der Waals surface area contributed by atoms with Crippen LogP contribution in [0, 0.1) is 13.8 Å². The van der Waals surface area contributed by atoms with Gasteiger partial charge in [0.15, 0.2) is 0 Å². The summed E-state index contributed by atoms with van der Waals surface area (Å²) in [6.45, 7) is 6.98. The number of amides is 2. The number of aryl methyl sites for hydroxylation is 2. The molecule has 0 atom stereocenters. The van der Waals surface area contributed by atoms with E-state index in [0.29, 0.717) is 25.9 Å². The second-order valence-electron chi connectivity index (χ2n) is 6.25. The van der Waals surface area contributed by atoms with E-state index in [1.807, 2.05) is 63.2 Å². The molecule has 2 amide bonds. The first-order valence-electron chi connectivity index (χ1n) is 8.69. The molecule has 0 spiro atoms. The number of carbonyl (C=O) groups is 2. The molecule has 0 aliphatic rings. The second-order valence-corrected chi connectivity index (χ2v) is 6.25. The van der Waals surface area contributed by atoms with Gasteiger partial charge in [-0.15, -0.1) is 0 Å². The highest BCUT2D eigenvalue weighted by atomic mass is 16.2. The highest BCUT2D eigenvalue weighted by Crippen LogP contribution is 2.19. The van der Waals surface area contributed by atoms with E-state index in [9.17, 15) is 9.59 Å². The molecule has 0 radical (unpaired) electrons. The third kappa shape index (κ3) is 5.75. The Morgan fingerprint density at radius 2 is 1.64 bits per heavy atom. The van der Waals surface area contributed by atoms with E-state index >= 15 is 0 Å². The van der Waals surface area contributed by atoms with Gasteiger partial charge in [-0.05, 0) is 49.6 Å². The maximum atomic E-state index is 12.5. The average molecular weight is 338 g/mol. The zero-order valence-corrected chi connectivity index (χ0v) is 15.2. The fourth-order valence-electron chi connectivity index (χ4n) is 2.90. The van der Waals surface area contributed by atoms with Crippen LogP contribution in [0.5, 0.6) is 0 Å². The van der Waals surface area contributed by atoms with Gasteiger partial charge < -0.3 is 10.2 Å². The Morgan fingerprint density at radius 1 is 1.00 bits per heavy atom. The Kier molecular flexibility index (Phi) is 6.75. The molecule has 4 nitrogen and oxygen atoms in total. The summed E-state index contributed by atoms with van der Waals surface area (Å²) in [5.41, 5.74) is 4.16. The summed E-state index contributed by atoms with van der Waals surface area (Å²) in [7, 11) is 0. The summed E-state index contributed by atoms with van der Waals surface area (Å²) in [5, 5.41) is 2.83. The smallest absolute Gasteiger partial charge is 0.228 e. The van der Waals surface area contributed by atoms with Crippen LogP contribution in [-0.4, -0.2) is 24.9 Å². The molecule has 1 N–H and O–H groups in total. The molecule has 25 heavy (non-hydrogen) atoms. The first kappa shape index (κ1) is 18.7. The minimum atomic E-state index is -0.0616. The first-order valence-corrected chi connectivity index (χ1v) is 8.69. The molecule has 2 aromatic rings. The lowest BCUT2D eigenvalue weighted by atomic mass is 10.1. The van der Waals surface area contributed by atoms with Crippen LogP contribution < -0.4 is 10.2 Å². The van der Waals surface area contributed by atoms with Gasteiger partial charge in [0.05, 0.1) is 6.42 Å². The monoisotopic (exact) mass is 338 g/mol. The van der Waals surface area contributed by atoms with Crippen LogP contribution in [-0.2, 0) is 16.0 Å². The van der Waals surface area contributed by atoms with E-state index in [1.54, 1.807) is 4.90 Å². The molecule has 0 aromatic heterocycles. The molecular weight excluding hydrogens is 312 g/mol. The van der Waals surface area contributed by atoms with Crippen LogP contribution >= 0.6 is 0 Å². The lowest BCUT2D eigenvalue weighted by molar-refractivity contribution is -0.121. The Balaban J connectivity index is 1.86. The van der Waals surface area contributed by atoms with Crippen molar-refractivity contribution in [2.75, 3.05) is 18.0 Å². The van der Waals surface area contributed by atoms with Crippen LogP contribution in [0.2, 0.25) is 0 Å². The summed E-state index contributed by atoms with van der Waals surface area (Å²) in [4.78, 5) is 26.2. The molecule has 0 heterocycles. The first-order chi connectivity index (χ1) is 12.0.